The number of ketones is 1. The summed E-state index contributed by atoms with van der Waals surface area (Å²) in [7, 11) is 0. The number of carbonyl (C=O) groups is 2. The average Bonchev–Trinajstić information content (AvgIpc) is 2.87. The fraction of sp³-hybridized carbons (Fsp3) is 0.579. The van der Waals surface area contributed by atoms with E-state index in [9.17, 15) is 9.59 Å². The van der Waals surface area contributed by atoms with Gasteiger partial charge in [-0.1, -0.05) is 12.1 Å². The summed E-state index contributed by atoms with van der Waals surface area (Å²) in [6.45, 7) is 6.57. The summed E-state index contributed by atoms with van der Waals surface area (Å²) in [5.74, 6) is -2.75. The van der Waals surface area contributed by atoms with Gasteiger partial charge in [-0.05, 0) is 57.7 Å². The van der Waals surface area contributed by atoms with Crippen LogP contribution in [0.2, 0.25) is 0 Å². The average molecular weight is 349 g/mol. The number of carboxylic acid groups (broad SMARTS) is 1. The second-order valence-corrected chi connectivity index (χ2v) is 6.90. The molecule has 1 aromatic rings. The second-order valence-electron chi connectivity index (χ2n) is 6.90. The zero-order valence-electron chi connectivity index (χ0n) is 15.1. The number of carbonyl (C=O) groups excluding carboxylic acids is 1. The summed E-state index contributed by atoms with van der Waals surface area (Å²) >= 11 is 0. The molecule has 2 N–H and O–H groups in total. The van der Waals surface area contributed by atoms with Crippen molar-refractivity contribution in [3.05, 3.63) is 29.8 Å². The third-order valence-corrected chi connectivity index (χ3v) is 4.33. The lowest BCUT2D eigenvalue weighted by Gasteiger charge is -2.17. The molecule has 0 aromatic heterocycles. The van der Waals surface area contributed by atoms with E-state index in [0.29, 0.717) is 19.4 Å². The van der Waals surface area contributed by atoms with Crippen molar-refractivity contribution in [1.29, 1.82) is 0 Å². The Morgan fingerprint density at radius 1 is 1.32 bits per heavy atom. The molecule has 1 aliphatic rings. The van der Waals surface area contributed by atoms with Crippen molar-refractivity contribution in [2.24, 2.45) is 5.92 Å². The summed E-state index contributed by atoms with van der Waals surface area (Å²) in [4.78, 5) is 22.4. The highest BCUT2D eigenvalue weighted by molar-refractivity contribution is 5.96. The fourth-order valence-corrected chi connectivity index (χ4v) is 2.88. The Labute approximate surface area is 148 Å². The summed E-state index contributed by atoms with van der Waals surface area (Å²) in [5.41, 5.74) is 2.02. The number of hydrogen-bond donors (Lipinski definition) is 2. The molecule has 1 aromatic carbocycles. The van der Waals surface area contributed by atoms with Crippen LogP contribution in [-0.4, -0.2) is 41.9 Å². The van der Waals surface area contributed by atoms with Gasteiger partial charge in [0.05, 0.1) is 12.7 Å². The highest BCUT2D eigenvalue weighted by Crippen LogP contribution is 2.24. The molecule has 138 valence electrons. The van der Waals surface area contributed by atoms with E-state index in [1.54, 1.807) is 0 Å². The number of benzene rings is 1. The van der Waals surface area contributed by atoms with Crippen LogP contribution in [0.4, 0.5) is 5.69 Å². The number of rotatable bonds is 9. The van der Waals surface area contributed by atoms with Gasteiger partial charge in [0.25, 0.3) is 0 Å². The molecule has 0 radical (unpaired) electrons. The first-order chi connectivity index (χ1) is 11.8. The van der Waals surface area contributed by atoms with E-state index in [-0.39, 0.29) is 11.9 Å². The van der Waals surface area contributed by atoms with E-state index < -0.39 is 17.7 Å². The maximum absolute atomic E-state index is 11.3. The Balaban J connectivity index is 1.74. The Morgan fingerprint density at radius 2 is 2.00 bits per heavy atom. The van der Waals surface area contributed by atoms with Gasteiger partial charge in [0.2, 0.25) is 0 Å². The molecular formula is C19H27NO5. The quantitative estimate of drug-likeness (QED) is 0.667. The maximum Gasteiger partial charge on any atom is 0.314 e. The number of ether oxygens (including phenoxy) is 2. The van der Waals surface area contributed by atoms with Gasteiger partial charge in [0.1, 0.15) is 11.7 Å². The molecule has 1 heterocycles. The van der Waals surface area contributed by atoms with E-state index >= 15 is 0 Å². The van der Waals surface area contributed by atoms with Crippen LogP contribution in [0.5, 0.6) is 0 Å². The molecule has 0 bridgehead atoms. The molecule has 6 nitrogen and oxygen atoms in total. The van der Waals surface area contributed by atoms with E-state index in [1.165, 1.54) is 6.92 Å². The maximum atomic E-state index is 11.3. The third kappa shape index (κ3) is 6.14. The van der Waals surface area contributed by atoms with Gasteiger partial charge >= 0.3 is 5.97 Å². The Bertz CT molecular complexity index is 582. The molecule has 1 aliphatic heterocycles. The lowest BCUT2D eigenvalue weighted by atomic mass is 9.96. The summed E-state index contributed by atoms with van der Waals surface area (Å²) in [6, 6.07) is 7.85. The fourth-order valence-electron chi connectivity index (χ4n) is 2.88. The van der Waals surface area contributed by atoms with Gasteiger partial charge in [-0.25, -0.2) is 0 Å². The van der Waals surface area contributed by atoms with Crippen LogP contribution in [-0.2, 0) is 25.5 Å². The highest BCUT2D eigenvalue weighted by Gasteiger charge is 2.32. The zero-order chi connectivity index (χ0) is 18.4. The van der Waals surface area contributed by atoms with Crippen LogP contribution in [0, 0.1) is 5.92 Å². The Hall–Kier alpha value is -1.92. The van der Waals surface area contributed by atoms with Gasteiger partial charge in [0.15, 0.2) is 5.79 Å². The first-order valence-corrected chi connectivity index (χ1v) is 8.65. The predicted octanol–water partition coefficient (Wildman–Crippen LogP) is 2.86. The van der Waals surface area contributed by atoms with Crippen LogP contribution in [0.3, 0.4) is 0 Å². The van der Waals surface area contributed by atoms with Crippen molar-refractivity contribution in [2.45, 2.75) is 51.9 Å². The van der Waals surface area contributed by atoms with Crippen molar-refractivity contribution in [3.8, 4) is 0 Å². The van der Waals surface area contributed by atoms with E-state index in [4.69, 9.17) is 14.6 Å². The number of aryl methyl sites for hydroxylation is 1. The standard InChI is InChI=1S/C19H27NO5/c1-13(21)17(18(22)23)9-6-14-4-7-15(8-5-14)20-11-10-16-12-24-19(2,3)25-16/h4-5,7-8,16-17,20H,6,9-12H2,1-3H3,(H,22,23). The second kappa shape index (κ2) is 8.45. The normalized spacial score (nSPS) is 20.2. The van der Waals surface area contributed by atoms with Crippen molar-refractivity contribution >= 4 is 17.4 Å². The van der Waals surface area contributed by atoms with Crippen molar-refractivity contribution in [3.63, 3.8) is 0 Å². The molecule has 0 spiro atoms. The minimum Gasteiger partial charge on any atom is -0.481 e. The van der Waals surface area contributed by atoms with Crippen LogP contribution < -0.4 is 5.32 Å². The largest absolute Gasteiger partial charge is 0.481 e. The Kier molecular flexibility index (Phi) is 6.56. The van der Waals surface area contributed by atoms with Gasteiger partial charge in [-0.15, -0.1) is 0 Å². The van der Waals surface area contributed by atoms with Crippen LogP contribution >= 0.6 is 0 Å². The van der Waals surface area contributed by atoms with Crippen LogP contribution in [0.1, 0.15) is 39.2 Å². The Morgan fingerprint density at radius 3 is 2.52 bits per heavy atom. The smallest absolute Gasteiger partial charge is 0.314 e. The number of aliphatic carboxylic acids is 1. The summed E-state index contributed by atoms with van der Waals surface area (Å²) in [6.07, 6.45) is 1.87. The molecule has 2 unspecified atom stereocenters. The monoisotopic (exact) mass is 349 g/mol. The van der Waals surface area contributed by atoms with Gasteiger partial charge in [0, 0.05) is 12.2 Å². The molecule has 2 rings (SSSR count). The minimum atomic E-state index is -1.05. The van der Waals surface area contributed by atoms with Gasteiger partial charge in [-0.2, -0.15) is 0 Å². The molecule has 25 heavy (non-hydrogen) atoms. The van der Waals surface area contributed by atoms with E-state index in [1.807, 2.05) is 38.1 Å². The van der Waals surface area contributed by atoms with E-state index in [0.717, 1.165) is 24.2 Å². The number of anilines is 1. The van der Waals surface area contributed by atoms with Gasteiger partial charge in [-0.3, -0.25) is 9.59 Å². The van der Waals surface area contributed by atoms with Gasteiger partial charge < -0.3 is 19.9 Å². The first-order valence-electron chi connectivity index (χ1n) is 8.65. The summed E-state index contributed by atoms with van der Waals surface area (Å²) in [5, 5.41) is 12.4. The topological polar surface area (TPSA) is 84.9 Å². The van der Waals surface area contributed by atoms with Crippen LogP contribution in [0.15, 0.2) is 24.3 Å². The first kappa shape index (κ1) is 19.4. The zero-order valence-corrected chi connectivity index (χ0v) is 15.1. The number of nitrogens with one attached hydrogen (secondary N) is 1. The number of carboxylic acids is 1. The molecule has 0 saturated carbocycles. The molecule has 0 amide bonds. The highest BCUT2D eigenvalue weighted by atomic mass is 16.7. The SMILES string of the molecule is CC(=O)C(CCc1ccc(NCCC2COC(C)(C)O2)cc1)C(=O)O. The number of hydrogen-bond acceptors (Lipinski definition) is 5. The third-order valence-electron chi connectivity index (χ3n) is 4.33. The minimum absolute atomic E-state index is 0.112. The molecular weight excluding hydrogens is 322 g/mol. The summed E-state index contributed by atoms with van der Waals surface area (Å²) < 4.78 is 11.3. The molecule has 0 aliphatic carbocycles. The van der Waals surface area contributed by atoms with Crippen LogP contribution in [0.25, 0.3) is 0 Å². The van der Waals surface area contributed by atoms with E-state index in [2.05, 4.69) is 5.32 Å². The molecule has 1 saturated heterocycles. The lowest BCUT2D eigenvalue weighted by molar-refractivity contribution is -0.146. The predicted molar refractivity (Wildman–Crippen MR) is 94.6 cm³/mol. The molecule has 1 fully saturated rings. The lowest BCUT2D eigenvalue weighted by Crippen LogP contribution is -2.22. The molecule has 2 atom stereocenters. The molecule has 6 heteroatoms. The van der Waals surface area contributed by atoms with Crippen molar-refractivity contribution < 1.29 is 24.2 Å². The van der Waals surface area contributed by atoms with Crippen molar-refractivity contribution in [1.82, 2.24) is 0 Å². The van der Waals surface area contributed by atoms with Crippen molar-refractivity contribution in [2.75, 3.05) is 18.5 Å². The number of Topliss-reactive ketones (excluding diaryl/α,β-unsaturated/α-hetero) is 1.